The van der Waals surface area contributed by atoms with E-state index < -0.39 is 5.41 Å². The molecule has 1 heterocycles. The van der Waals surface area contributed by atoms with E-state index in [-0.39, 0.29) is 5.92 Å². The topological polar surface area (TPSA) is 13.1 Å². The smallest absolute Gasteiger partial charge is 0.135 e. The van der Waals surface area contributed by atoms with Crippen molar-refractivity contribution in [2.45, 2.75) is 11.3 Å². The van der Waals surface area contributed by atoms with E-state index in [9.17, 15) is 0 Å². The van der Waals surface area contributed by atoms with Gasteiger partial charge in [-0.3, -0.25) is 0 Å². The first-order valence-corrected chi connectivity index (χ1v) is 26.1. The second kappa shape index (κ2) is 17.3. The van der Waals surface area contributed by atoms with Crippen LogP contribution in [0.5, 0.6) is 0 Å². The average Bonchev–Trinajstić information content (AvgIpc) is 4.23. The van der Waals surface area contributed by atoms with Gasteiger partial charge in [0, 0.05) is 16.7 Å². The number of fused-ring (bicyclic) bond motifs is 13. The Bertz CT molecular complexity index is 4110. The molecule has 0 unspecified atom stereocenters. The van der Waals surface area contributed by atoms with Gasteiger partial charge in [0.15, 0.2) is 0 Å². The molecule has 1 heteroatoms. The highest BCUT2D eigenvalue weighted by atomic mass is 16.3. The molecule has 0 atom stereocenters. The average molecular weight is 953 g/mol. The van der Waals surface area contributed by atoms with Crippen molar-refractivity contribution >= 4 is 21.9 Å². The molecule has 13 aromatic rings. The van der Waals surface area contributed by atoms with Gasteiger partial charge in [-0.15, -0.1) is 0 Å². The van der Waals surface area contributed by atoms with Crippen LogP contribution in [-0.2, 0) is 5.41 Å². The standard InChI is InChI=1S/C74H48O/c1-3-13-48(14-4-1)50-23-27-52(28-24-50)54-31-37-57(38-32-54)73(58-39-33-55(34-40-58)53-29-25-51(26-30-53)49-15-5-2-6-16-49)59-41-35-56(36-42-59)60-43-44-63-65-46-66-64-19-9-12-22-71(64)75-72(66)47-70(65)74(69(63)45-60)67-20-10-7-17-61(67)62-18-8-11-21-68(62)74/h1-47,73H. The number of para-hydroxylation sites is 1. The lowest BCUT2D eigenvalue weighted by molar-refractivity contribution is 0.666. The van der Waals surface area contributed by atoms with Crippen LogP contribution in [0.2, 0.25) is 0 Å². The third kappa shape index (κ3) is 6.93. The molecule has 0 saturated carbocycles. The molecule has 2 aliphatic rings. The zero-order valence-corrected chi connectivity index (χ0v) is 41.1. The molecule has 350 valence electrons. The summed E-state index contributed by atoms with van der Waals surface area (Å²) < 4.78 is 6.63. The highest BCUT2D eigenvalue weighted by molar-refractivity contribution is 6.09. The van der Waals surface area contributed by atoms with Gasteiger partial charge in [0.25, 0.3) is 0 Å². The molecule has 0 amide bonds. The van der Waals surface area contributed by atoms with E-state index in [4.69, 9.17) is 4.42 Å². The van der Waals surface area contributed by atoms with Crippen LogP contribution in [0.25, 0.3) is 99.8 Å². The summed E-state index contributed by atoms with van der Waals surface area (Å²) in [5.74, 6) is 0.0154. The molecular weight excluding hydrogens is 905 g/mol. The third-order valence-electron chi connectivity index (χ3n) is 16.3. The Morgan fingerprint density at radius 3 is 1.08 bits per heavy atom. The summed E-state index contributed by atoms with van der Waals surface area (Å²) >= 11 is 0. The molecule has 0 radical (unpaired) electrons. The highest BCUT2D eigenvalue weighted by Crippen LogP contribution is 2.64. The van der Waals surface area contributed by atoms with Crippen LogP contribution in [0.1, 0.15) is 44.9 Å². The lowest BCUT2D eigenvalue weighted by Gasteiger charge is -2.30. The van der Waals surface area contributed by atoms with Crippen molar-refractivity contribution in [3.63, 3.8) is 0 Å². The Morgan fingerprint density at radius 1 is 0.227 bits per heavy atom. The Morgan fingerprint density at radius 2 is 0.587 bits per heavy atom. The molecule has 2 aliphatic carbocycles. The maximum Gasteiger partial charge on any atom is 0.135 e. The van der Waals surface area contributed by atoms with Crippen molar-refractivity contribution in [1.29, 1.82) is 0 Å². The normalized spacial score (nSPS) is 12.8. The molecule has 1 nitrogen and oxygen atoms in total. The van der Waals surface area contributed by atoms with Gasteiger partial charge in [-0.25, -0.2) is 0 Å². The summed E-state index contributed by atoms with van der Waals surface area (Å²) in [6.45, 7) is 0. The van der Waals surface area contributed by atoms with Crippen LogP contribution in [0, 0.1) is 0 Å². The number of hydrogen-bond donors (Lipinski definition) is 0. The maximum absolute atomic E-state index is 6.63. The fourth-order valence-corrected chi connectivity index (χ4v) is 12.7. The number of benzene rings is 12. The van der Waals surface area contributed by atoms with Gasteiger partial charge < -0.3 is 4.42 Å². The number of hydrogen-bond acceptors (Lipinski definition) is 1. The van der Waals surface area contributed by atoms with E-state index in [1.165, 1.54) is 117 Å². The van der Waals surface area contributed by atoms with Gasteiger partial charge in [-0.1, -0.05) is 261 Å². The van der Waals surface area contributed by atoms with Crippen molar-refractivity contribution in [2.75, 3.05) is 0 Å². The van der Waals surface area contributed by atoms with Gasteiger partial charge in [0.05, 0.1) is 5.41 Å². The predicted molar refractivity (Wildman–Crippen MR) is 311 cm³/mol. The van der Waals surface area contributed by atoms with E-state index in [2.05, 4.69) is 285 Å². The minimum Gasteiger partial charge on any atom is -0.456 e. The van der Waals surface area contributed by atoms with Crippen LogP contribution in [0.4, 0.5) is 0 Å². The first-order valence-electron chi connectivity index (χ1n) is 26.1. The molecular formula is C74H48O. The summed E-state index contributed by atoms with van der Waals surface area (Å²) in [7, 11) is 0. The van der Waals surface area contributed by atoms with Gasteiger partial charge in [-0.2, -0.15) is 0 Å². The minimum atomic E-state index is -0.502. The molecule has 0 aliphatic heterocycles. The predicted octanol–water partition coefficient (Wildman–Crippen LogP) is 19.4. The van der Waals surface area contributed by atoms with E-state index >= 15 is 0 Å². The van der Waals surface area contributed by atoms with Crippen LogP contribution in [0.3, 0.4) is 0 Å². The number of rotatable bonds is 8. The van der Waals surface area contributed by atoms with Crippen molar-refractivity contribution < 1.29 is 4.42 Å². The Balaban J connectivity index is 0.818. The zero-order chi connectivity index (χ0) is 49.5. The highest BCUT2D eigenvalue weighted by Gasteiger charge is 2.52. The van der Waals surface area contributed by atoms with E-state index in [1.54, 1.807) is 0 Å². The molecule has 75 heavy (non-hydrogen) atoms. The fourth-order valence-electron chi connectivity index (χ4n) is 12.7. The van der Waals surface area contributed by atoms with Crippen LogP contribution < -0.4 is 0 Å². The molecule has 0 bridgehead atoms. The van der Waals surface area contributed by atoms with E-state index in [1.807, 2.05) is 0 Å². The summed E-state index contributed by atoms with van der Waals surface area (Å²) in [6, 6.07) is 105. The Kier molecular flexibility index (Phi) is 9.93. The second-order valence-corrected chi connectivity index (χ2v) is 20.3. The largest absolute Gasteiger partial charge is 0.456 e. The summed E-state index contributed by atoms with van der Waals surface area (Å²) in [6.07, 6.45) is 0. The van der Waals surface area contributed by atoms with Crippen molar-refractivity contribution in [2.24, 2.45) is 0 Å². The fraction of sp³-hybridized carbons (Fsp3) is 0.0270. The molecule has 0 N–H and O–H groups in total. The van der Waals surface area contributed by atoms with Crippen LogP contribution >= 0.6 is 0 Å². The molecule has 15 rings (SSSR count). The monoisotopic (exact) mass is 952 g/mol. The molecule has 12 aromatic carbocycles. The van der Waals surface area contributed by atoms with Crippen molar-refractivity contribution in [3.05, 3.63) is 324 Å². The summed E-state index contributed by atoms with van der Waals surface area (Å²) in [5.41, 5.74) is 27.6. The first kappa shape index (κ1) is 43.1. The van der Waals surface area contributed by atoms with Gasteiger partial charge >= 0.3 is 0 Å². The lowest BCUT2D eigenvalue weighted by atomic mass is 9.70. The van der Waals surface area contributed by atoms with Crippen molar-refractivity contribution in [3.8, 4) is 77.9 Å². The first-order chi connectivity index (χ1) is 37.2. The molecule has 1 spiro atoms. The number of furan rings is 1. The van der Waals surface area contributed by atoms with E-state index in [0.717, 1.165) is 21.9 Å². The van der Waals surface area contributed by atoms with Gasteiger partial charge in [-0.05, 0) is 141 Å². The Hall–Kier alpha value is -9.56. The SMILES string of the molecule is c1ccc(-c2ccc(-c3ccc(C(c4ccc(-c5ccc(-c6ccccc6)cc5)cc4)c4ccc(-c5ccc6c(c5)C5(c7ccccc7-c7ccccc75)c5cc7oc8ccccc8c7cc5-6)cc4)cc3)cc2)cc1. The zero-order valence-electron chi connectivity index (χ0n) is 41.1. The maximum atomic E-state index is 6.63. The van der Waals surface area contributed by atoms with Gasteiger partial charge in [0.2, 0.25) is 0 Å². The van der Waals surface area contributed by atoms with Crippen LogP contribution in [-0.4, -0.2) is 0 Å². The quantitative estimate of drug-likeness (QED) is 0.138. The Labute approximate surface area is 437 Å². The summed E-state index contributed by atoms with van der Waals surface area (Å²) in [5, 5.41) is 2.30. The molecule has 0 fully saturated rings. The van der Waals surface area contributed by atoms with Crippen molar-refractivity contribution in [1.82, 2.24) is 0 Å². The second-order valence-electron chi connectivity index (χ2n) is 20.3. The van der Waals surface area contributed by atoms with Gasteiger partial charge in [0.1, 0.15) is 11.2 Å². The third-order valence-corrected chi connectivity index (χ3v) is 16.3. The minimum absolute atomic E-state index is 0.0154. The van der Waals surface area contributed by atoms with E-state index in [0.29, 0.717) is 0 Å². The summed E-state index contributed by atoms with van der Waals surface area (Å²) in [4.78, 5) is 0. The lowest BCUT2D eigenvalue weighted by Crippen LogP contribution is -2.25. The molecule has 1 aromatic heterocycles. The molecule has 0 saturated heterocycles. The van der Waals surface area contributed by atoms with Crippen LogP contribution in [0.15, 0.2) is 290 Å².